The maximum absolute atomic E-state index is 13.6. The van der Waals surface area contributed by atoms with Crippen LogP contribution in [-0.4, -0.2) is 41.3 Å². The van der Waals surface area contributed by atoms with Gasteiger partial charge in [-0.3, -0.25) is 9.59 Å². The molecule has 5 rings (SSSR count). The van der Waals surface area contributed by atoms with E-state index in [9.17, 15) is 14.0 Å². The zero-order valence-electron chi connectivity index (χ0n) is 21.7. The number of furan rings is 1. The fraction of sp³-hybridized carbons (Fsp3) is 0.194. The molecule has 0 saturated carbocycles. The maximum atomic E-state index is 13.6. The molecule has 2 heterocycles. The minimum absolute atomic E-state index is 0.108. The minimum Gasteiger partial charge on any atom is -0.464 e. The van der Waals surface area contributed by atoms with Gasteiger partial charge in [-0.25, -0.2) is 9.37 Å². The molecule has 0 aliphatic rings. The standard InChI is InChI=1S/C31H28FN3O3S/c1-20-34-28(29(39-20)22-11-13-23(32)14-12-22)30(36)33-17-15-24(19-21-7-4-3-5-8-21)35(2)31(37)26-9-6-10-27-25(26)16-18-38-27/h3-14,16,18,24H,15,17,19H2,1-2H3,(H,33,36). The first-order valence-electron chi connectivity index (χ1n) is 12.7. The van der Waals surface area contributed by atoms with Crippen LogP contribution in [-0.2, 0) is 6.42 Å². The Hall–Kier alpha value is -4.30. The molecule has 1 atom stereocenters. The van der Waals surface area contributed by atoms with Gasteiger partial charge in [-0.05, 0) is 61.2 Å². The highest BCUT2D eigenvalue weighted by Gasteiger charge is 2.24. The third kappa shape index (κ3) is 5.91. The van der Waals surface area contributed by atoms with E-state index >= 15 is 0 Å². The number of likely N-dealkylation sites (N-methyl/N-ethyl adjacent to an activating group) is 1. The lowest BCUT2D eigenvalue weighted by atomic mass is 10.0. The number of nitrogens with zero attached hydrogens (tertiary/aromatic N) is 2. The molecule has 0 aliphatic heterocycles. The Bertz CT molecular complexity index is 1590. The first kappa shape index (κ1) is 26.3. The van der Waals surface area contributed by atoms with Gasteiger partial charge in [0.15, 0.2) is 0 Å². The second-order valence-electron chi connectivity index (χ2n) is 9.36. The SMILES string of the molecule is Cc1nc(C(=O)NCCC(Cc2ccccc2)N(C)C(=O)c2cccc3occc23)c(-c2ccc(F)cc2)s1. The predicted molar refractivity (Wildman–Crippen MR) is 151 cm³/mol. The first-order valence-corrected chi connectivity index (χ1v) is 13.5. The summed E-state index contributed by atoms with van der Waals surface area (Å²) in [6.45, 7) is 2.19. The highest BCUT2D eigenvalue weighted by atomic mass is 32.1. The number of nitrogens with one attached hydrogen (secondary N) is 1. The Labute approximate surface area is 230 Å². The third-order valence-corrected chi connectivity index (χ3v) is 7.75. The molecule has 0 spiro atoms. The van der Waals surface area contributed by atoms with Gasteiger partial charge < -0.3 is 14.6 Å². The van der Waals surface area contributed by atoms with E-state index in [4.69, 9.17) is 4.42 Å². The lowest BCUT2D eigenvalue weighted by Crippen LogP contribution is -2.41. The Balaban J connectivity index is 1.32. The van der Waals surface area contributed by atoms with Crippen LogP contribution in [0.4, 0.5) is 4.39 Å². The number of fused-ring (bicyclic) bond motifs is 1. The van der Waals surface area contributed by atoms with Crippen molar-refractivity contribution in [2.45, 2.75) is 25.8 Å². The van der Waals surface area contributed by atoms with E-state index in [1.807, 2.05) is 49.4 Å². The summed E-state index contributed by atoms with van der Waals surface area (Å²) < 4.78 is 18.9. The number of hydrogen-bond donors (Lipinski definition) is 1. The van der Waals surface area contributed by atoms with Crippen LogP contribution < -0.4 is 5.32 Å². The Morgan fingerprint density at radius 3 is 2.56 bits per heavy atom. The van der Waals surface area contributed by atoms with Crippen LogP contribution in [0.5, 0.6) is 0 Å². The zero-order valence-corrected chi connectivity index (χ0v) is 22.5. The average molecular weight is 542 g/mol. The van der Waals surface area contributed by atoms with E-state index in [2.05, 4.69) is 10.3 Å². The van der Waals surface area contributed by atoms with Gasteiger partial charge in [-0.2, -0.15) is 0 Å². The number of carbonyl (C=O) groups excluding carboxylic acids is 2. The number of halogens is 1. The zero-order chi connectivity index (χ0) is 27.4. The average Bonchev–Trinajstić information content (AvgIpc) is 3.59. The van der Waals surface area contributed by atoms with Gasteiger partial charge in [0, 0.05) is 25.0 Å². The van der Waals surface area contributed by atoms with Crippen LogP contribution in [0.3, 0.4) is 0 Å². The Morgan fingerprint density at radius 1 is 1.03 bits per heavy atom. The second-order valence-corrected chi connectivity index (χ2v) is 10.6. The molecule has 8 heteroatoms. The first-order chi connectivity index (χ1) is 18.9. The van der Waals surface area contributed by atoms with E-state index in [1.54, 1.807) is 42.5 Å². The van der Waals surface area contributed by atoms with Crippen LogP contribution in [0, 0.1) is 12.7 Å². The van der Waals surface area contributed by atoms with Gasteiger partial charge in [-0.15, -0.1) is 11.3 Å². The molecule has 6 nitrogen and oxygen atoms in total. The molecular weight excluding hydrogens is 513 g/mol. The molecular formula is C31H28FN3O3S. The van der Waals surface area contributed by atoms with Gasteiger partial charge in [0.05, 0.1) is 21.7 Å². The lowest BCUT2D eigenvalue weighted by Gasteiger charge is -2.29. The fourth-order valence-corrected chi connectivity index (χ4v) is 5.59. The molecule has 1 unspecified atom stereocenters. The third-order valence-electron chi connectivity index (χ3n) is 6.73. The molecule has 2 aromatic heterocycles. The molecule has 1 N–H and O–H groups in total. The van der Waals surface area contributed by atoms with Crippen molar-refractivity contribution in [1.29, 1.82) is 0 Å². The van der Waals surface area contributed by atoms with Crippen molar-refractivity contribution in [3.8, 4) is 10.4 Å². The highest BCUT2D eigenvalue weighted by molar-refractivity contribution is 7.15. The molecule has 39 heavy (non-hydrogen) atoms. The van der Waals surface area contributed by atoms with Gasteiger partial charge in [0.1, 0.15) is 17.1 Å². The molecule has 198 valence electrons. The molecule has 0 aliphatic carbocycles. The summed E-state index contributed by atoms with van der Waals surface area (Å²) in [7, 11) is 1.80. The number of thiazole rings is 1. The number of benzene rings is 3. The van der Waals surface area contributed by atoms with Gasteiger partial charge in [-0.1, -0.05) is 48.5 Å². The summed E-state index contributed by atoms with van der Waals surface area (Å²) in [6.07, 6.45) is 2.76. The van der Waals surface area contributed by atoms with Crippen molar-refractivity contribution >= 4 is 34.1 Å². The smallest absolute Gasteiger partial charge is 0.271 e. The summed E-state index contributed by atoms with van der Waals surface area (Å²) in [6, 6.07) is 23.1. The lowest BCUT2D eigenvalue weighted by molar-refractivity contribution is 0.0724. The molecule has 0 radical (unpaired) electrons. The van der Waals surface area contributed by atoms with Crippen LogP contribution in [0.1, 0.15) is 37.8 Å². The summed E-state index contributed by atoms with van der Waals surface area (Å²) in [5.41, 5.74) is 3.40. The van der Waals surface area contributed by atoms with Crippen LogP contribution in [0.25, 0.3) is 21.4 Å². The second kappa shape index (κ2) is 11.6. The normalized spacial score (nSPS) is 11.9. The summed E-state index contributed by atoms with van der Waals surface area (Å²) in [5, 5.41) is 4.51. The van der Waals surface area contributed by atoms with Crippen LogP contribution in [0.15, 0.2) is 89.5 Å². The number of amides is 2. The Morgan fingerprint density at radius 2 is 1.79 bits per heavy atom. The van der Waals surface area contributed by atoms with Crippen molar-refractivity contribution in [2.75, 3.05) is 13.6 Å². The summed E-state index contributed by atoms with van der Waals surface area (Å²) in [5.74, 6) is -0.740. The fourth-order valence-electron chi connectivity index (χ4n) is 4.67. The van der Waals surface area contributed by atoms with Crippen LogP contribution >= 0.6 is 11.3 Å². The van der Waals surface area contributed by atoms with E-state index in [1.165, 1.54) is 23.5 Å². The van der Waals surface area contributed by atoms with Crippen molar-refractivity contribution in [3.05, 3.63) is 113 Å². The number of aromatic nitrogens is 1. The highest BCUT2D eigenvalue weighted by Crippen LogP contribution is 2.30. The number of aryl methyl sites for hydroxylation is 1. The minimum atomic E-state index is -0.335. The number of hydrogen-bond acceptors (Lipinski definition) is 5. The van der Waals surface area contributed by atoms with E-state index < -0.39 is 0 Å². The van der Waals surface area contributed by atoms with E-state index in [0.29, 0.717) is 41.1 Å². The summed E-state index contributed by atoms with van der Waals surface area (Å²) in [4.78, 5) is 33.7. The number of carbonyl (C=O) groups is 2. The monoisotopic (exact) mass is 541 g/mol. The van der Waals surface area contributed by atoms with Crippen molar-refractivity contribution in [2.24, 2.45) is 0 Å². The quantitative estimate of drug-likeness (QED) is 0.231. The Kier molecular flexibility index (Phi) is 7.84. The van der Waals surface area contributed by atoms with Crippen molar-refractivity contribution < 1.29 is 18.4 Å². The molecule has 0 fully saturated rings. The summed E-state index contributed by atoms with van der Waals surface area (Å²) >= 11 is 1.40. The van der Waals surface area contributed by atoms with Crippen LogP contribution in [0.2, 0.25) is 0 Å². The number of rotatable bonds is 9. The topological polar surface area (TPSA) is 75.4 Å². The van der Waals surface area contributed by atoms with Crippen molar-refractivity contribution in [3.63, 3.8) is 0 Å². The van der Waals surface area contributed by atoms with Crippen molar-refractivity contribution in [1.82, 2.24) is 15.2 Å². The van der Waals surface area contributed by atoms with Gasteiger partial charge in [0.25, 0.3) is 11.8 Å². The van der Waals surface area contributed by atoms with Gasteiger partial charge in [0.2, 0.25) is 0 Å². The molecule has 0 bridgehead atoms. The maximum Gasteiger partial charge on any atom is 0.271 e. The molecule has 5 aromatic rings. The predicted octanol–water partition coefficient (Wildman–Crippen LogP) is 6.51. The van der Waals surface area contributed by atoms with Gasteiger partial charge >= 0.3 is 0 Å². The molecule has 3 aromatic carbocycles. The molecule has 0 saturated heterocycles. The van der Waals surface area contributed by atoms with E-state index in [-0.39, 0.29) is 23.7 Å². The van der Waals surface area contributed by atoms with E-state index in [0.717, 1.165) is 21.5 Å². The molecule has 2 amide bonds. The largest absolute Gasteiger partial charge is 0.464 e.